The number of nitrogens with zero attached hydrogens (tertiary/aromatic N) is 4. The third-order valence-corrected chi connectivity index (χ3v) is 15.9. The van der Waals surface area contributed by atoms with Crippen molar-refractivity contribution in [1.29, 1.82) is 5.41 Å². The maximum absolute atomic E-state index is 13.3. The lowest BCUT2D eigenvalue weighted by molar-refractivity contribution is 0.454. The Morgan fingerprint density at radius 3 is 1.94 bits per heavy atom. The number of hydrogen-bond donors (Lipinski definition) is 2. The third-order valence-electron chi connectivity index (χ3n) is 13.2. The molecule has 8 nitrogen and oxygen atoms in total. The van der Waals surface area contributed by atoms with Crippen LogP contribution in [0, 0.1) is 48.6 Å². The van der Waals surface area contributed by atoms with Crippen molar-refractivity contribution >= 4 is 50.5 Å². The number of benzene rings is 6. The van der Waals surface area contributed by atoms with E-state index in [1.807, 2.05) is 80.2 Å². The first-order chi connectivity index (χ1) is 32.0. The molecule has 66 heavy (non-hydrogen) atoms. The van der Waals surface area contributed by atoms with E-state index in [1.54, 1.807) is 24.3 Å². The molecule has 6 aromatic carbocycles. The van der Waals surface area contributed by atoms with E-state index in [1.165, 1.54) is 53.6 Å². The number of piperidine rings is 2. The van der Waals surface area contributed by atoms with Crippen molar-refractivity contribution < 1.29 is 17.2 Å². The van der Waals surface area contributed by atoms with Gasteiger partial charge in [-0.25, -0.2) is 30.5 Å². The fraction of sp³-hybridized carbons (Fsp3) is 0.296. The second-order valence-electron chi connectivity index (χ2n) is 17.5. The summed E-state index contributed by atoms with van der Waals surface area (Å²) in [5.74, 6) is 3.53. The van der Waals surface area contributed by atoms with Gasteiger partial charge in [0.05, 0.1) is 39.4 Å². The first-order valence-corrected chi connectivity index (χ1v) is 25.3. The minimum atomic E-state index is -0.965. The van der Waals surface area contributed by atoms with Gasteiger partial charge in [-0.1, -0.05) is 92.7 Å². The maximum Gasteiger partial charge on any atom is 0.123 e. The number of aryl methyl sites for hydroxylation is 2. The fourth-order valence-corrected chi connectivity index (χ4v) is 11.8. The van der Waals surface area contributed by atoms with Gasteiger partial charge in [0.25, 0.3) is 0 Å². The standard InChI is InChI=1S/C27H28FN3OS.C14H11FN2.C7H13NOS.C6H6/c1-3-33(32)31-16-24-26(19-7-5-4-6-8-19)27(24,17-31)23-14-20(15-29)25(13-18(23)2)30-22-11-9-21(28)10-12-22;1-10-2-3-11-9-16-17(14(11)8-10)13-6-4-12(15)5-7-13;1-2-10(9)8-4-6-3-7(6)5-8;1-2-4-6-5-3-1/h4-15,24,26,29-30H,3,16-17H2,1-2H3;2-9H,1H3;6-7H,2-5H2,1H3;1-6H. The van der Waals surface area contributed by atoms with Crippen molar-refractivity contribution in [1.82, 2.24) is 18.4 Å². The van der Waals surface area contributed by atoms with Crippen molar-refractivity contribution in [3.8, 4) is 5.69 Å². The number of anilines is 2. The van der Waals surface area contributed by atoms with Crippen LogP contribution in [0.25, 0.3) is 16.6 Å². The van der Waals surface area contributed by atoms with E-state index >= 15 is 0 Å². The van der Waals surface area contributed by atoms with Gasteiger partial charge in [-0.2, -0.15) is 5.10 Å². The smallest absolute Gasteiger partial charge is 0.123 e. The Bertz CT molecular complexity index is 2750. The van der Waals surface area contributed by atoms with E-state index in [4.69, 9.17) is 5.41 Å². The molecule has 342 valence electrons. The molecule has 1 aromatic heterocycles. The average Bonchev–Trinajstić information content (AvgIpc) is 3.97. The van der Waals surface area contributed by atoms with Crippen LogP contribution in [-0.4, -0.2) is 70.7 Å². The molecule has 3 heterocycles. The molecule has 12 heteroatoms. The highest BCUT2D eigenvalue weighted by atomic mass is 32.2. The molecule has 2 saturated heterocycles. The molecule has 11 rings (SSSR count). The lowest BCUT2D eigenvalue weighted by Crippen LogP contribution is -2.31. The van der Waals surface area contributed by atoms with Gasteiger partial charge in [0.15, 0.2) is 0 Å². The van der Waals surface area contributed by atoms with Crippen LogP contribution in [0.15, 0.2) is 152 Å². The van der Waals surface area contributed by atoms with Gasteiger partial charge in [-0.15, -0.1) is 0 Å². The van der Waals surface area contributed by atoms with Crippen molar-refractivity contribution in [2.45, 2.75) is 45.4 Å². The molecule has 4 aliphatic rings. The molecule has 7 unspecified atom stereocenters. The first kappa shape index (κ1) is 46.9. The first-order valence-electron chi connectivity index (χ1n) is 22.7. The fourth-order valence-electron chi connectivity index (χ4n) is 9.71. The highest BCUT2D eigenvalue weighted by Crippen LogP contribution is 2.70. The van der Waals surface area contributed by atoms with Gasteiger partial charge in [0.2, 0.25) is 0 Å². The Morgan fingerprint density at radius 1 is 0.742 bits per heavy atom. The van der Waals surface area contributed by atoms with E-state index in [-0.39, 0.29) is 17.0 Å². The molecule has 4 fully saturated rings. The highest BCUT2D eigenvalue weighted by Gasteiger charge is 2.70. The lowest BCUT2D eigenvalue weighted by Gasteiger charge is -2.25. The number of rotatable bonds is 10. The normalized spacial score (nSPS) is 22.2. The molecule has 7 aromatic rings. The quantitative estimate of drug-likeness (QED) is 0.134. The molecule has 2 aliphatic heterocycles. The van der Waals surface area contributed by atoms with Gasteiger partial charge in [0, 0.05) is 77.6 Å². The van der Waals surface area contributed by atoms with Crippen LogP contribution >= 0.6 is 0 Å². The van der Waals surface area contributed by atoms with Crippen molar-refractivity contribution in [3.63, 3.8) is 0 Å². The van der Waals surface area contributed by atoms with Crippen LogP contribution < -0.4 is 5.32 Å². The van der Waals surface area contributed by atoms with Crippen molar-refractivity contribution in [2.24, 2.45) is 17.8 Å². The predicted molar refractivity (Wildman–Crippen MR) is 267 cm³/mol. The van der Waals surface area contributed by atoms with E-state index in [0.717, 1.165) is 82.9 Å². The van der Waals surface area contributed by atoms with Crippen LogP contribution in [0.4, 0.5) is 20.2 Å². The zero-order valence-electron chi connectivity index (χ0n) is 37.9. The Morgan fingerprint density at radius 2 is 1.33 bits per heavy atom. The van der Waals surface area contributed by atoms with Gasteiger partial charge in [-0.05, 0) is 127 Å². The lowest BCUT2D eigenvalue weighted by atomic mass is 9.86. The summed E-state index contributed by atoms with van der Waals surface area (Å²) in [5.41, 5.74) is 9.11. The molecular weight excluding hydrogens is 867 g/mol. The minimum Gasteiger partial charge on any atom is -0.355 e. The summed E-state index contributed by atoms with van der Waals surface area (Å²) in [6.45, 7) is 11.9. The molecule has 2 saturated carbocycles. The molecule has 0 radical (unpaired) electrons. The summed E-state index contributed by atoms with van der Waals surface area (Å²) in [4.78, 5) is 0. The zero-order chi connectivity index (χ0) is 46.4. The van der Waals surface area contributed by atoms with Crippen LogP contribution in [-0.2, 0) is 27.4 Å². The summed E-state index contributed by atoms with van der Waals surface area (Å²) in [6.07, 6.45) is 4.59. The Kier molecular flexibility index (Phi) is 14.8. The van der Waals surface area contributed by atoms with Crippen LogP contribution in [0.2, 0.25) is 0 Å². The highest BCUT2D eigenvalue weighted by molar-refractivity contribution is 7.82. The molecule has 2 N–H and O–H groups in total. The largest absolute Gasteiger partial charge is 0.355 e. The predicted octanol–water partition coefficient (Wildman–Crippen LogP) is 11.3. The molecular formula is C54H58F2N6O2S2. The van der Waals surface area contributed by atoms with E-state index in [2.05, 4.69) is 74.5 Å². The molecule has 2 aliphatic carbocycles. The van der Waals surface area contributed by atoms with E-state index < -0.39 is 22.0 Å². The number of halogens is 2. The van der Waals surface area contributed by atoms with Crippen molar-refractivity contribution in [3.05, 3.63) is 191 Å². The minimum absolute atomic E-state index is 0.0948. The number of fused-ring (bicyclic) bond motifs is 3. The summed E-state index contributed by atoms with van der Waals surface area (Å²) >= 11 is 0. The van der Waals surface area contributed by atoms with Gasteiger partial charge >= 0.3 is 0 Å². The number of nitrogens with one attached hydrogen (secondary N) is 2. The van der Waals surface area contributed by atoms with E-state index in [9.17, 15) is 17.2 Å². The van der Waals surface area contributed by atoms with Crippen LogP contribution in [0.5, 0.6) is 0 Å². The van der Waals surface area contributed by atoms with Crippen LogP contribution in [0.3, 0.4) is 0 Å². The maximum atomic E-state index is 13.3. The van der Waals surface area contributed by atoms with Crippen molar-refractivity contribution in [2.75, 3.05) is 43.0 Å². The molecule has 0 spiro atoms. The molecule has 0 bridgehead atoms. The van der Waals surface area contributed by atoms with E-state index in [0.29, 0.717) is 17.6 Å². The Balaban J connectivity index is 0.000000146. The average molecular weight is 925 g/mol. The summed E-state index contributed by atoms with van der Waals surface area (Å²) in [5, 5.41) is 16.8. The third kappa shape index (κ3) is 10.5. The SMILES string of the molecule is CCS(=O)N1CC2C(c3ccccc3)C2(c2cc(C=N)c(Nc3ccc(F)cc3)cc2C)C1.CCS(=O)N1CC2CC2C1.Cc1ccc2cnn(-c3ccc(F)cc3)c2c1.c1ccccc1. The van der Waals surface area contributed by atoms with Gasteiger partial charge < -0.3 is 10.7 Å². The topological polar surface area (TPSA) is 94.3 Å². The molecule has 0 amide bonds. The number of aromatic nitrogens is 2. The van der Waals surface area contributed by atoms with Gasteiger partial charge in [-0.3, -0.25) is 0 Å². The van der Waals surface area contributed by atoms with Gasteiger partial charge in [0.1, 0.15) is 11.6 Å². The Labute approximate surface area is 392 Å². The Hall–Kier alpha value is -5.66. The monoisotopic (exact) mass is 924 g/mol. The summed E-state index contributed by atoms with van der Waals surface area (Å²) in [6, 6.07) is 45.6. The zero-order valence-corrected chi connectivity index (χ0v) is 39.6. The summed E-state index contributed by atoms with van der Waals surface area (Å²) < 4.78 is 56.1. The summed E-state index contributed by atoms with van der Waals surface area (Å²) in [7, 11) is -1.62. The molecule has 7 atom stereocenters. The second-order valence-corrected chi connectivity index (χ2v) is 20.9. The van der Waals surface area contributed by atoms with Crippen LogP contribution in [0.1, 0.15) is 54.0 Å². The number of hydrogen-bond acceptors (Lipinski definition) is 5. The second kappa shape index (κ2) is 20.9.